The third-order valence-corrected chi connectivity index (χ3v) is 12.9. The van der Waals surface area contributed by atoms with Crippen LogP contribution in [0.1, 0.15) is 6.92 Å². The van der Waals surface area contributed by atoms with Crippen molar-refractivity contribution in [3.05, 3.63) is 60.7 Å². The molecule has 0 atom stereocenters. The molecule has 0 saturated heterocycles. The average Bonchev–Trinajstić information content (AvgIpc) is 3.16. The molecule has 0 saturated carbocycles. The van der Waals surface area contributed by atoms with Crippen LogP contribution in [-0.4, -0.2) is 25.8 Å². The van der Waals surface area contributed by atoms with Crippen LogP contribution in [0.25, 0.3) is 0 Å². The largest absolute Gasteiger partial charge is 1.00 e. The summed E-state index contributed by atoms with van der Waals surface area (Å²) in [4.78, 5) is 0. The Labute approximate surface area is 184 Å². The smallest absolute Gasteiger partial charge is 0.172 e. The molecule has 2 aromatic carbocycles. The quantitative estimate of drug-likeness (QED) is 0.408. The molecule has 0 radical (unpaired) electrons. The first kappa shape index (κ1) is 30.2. The fourth-order valence-corrected chi connectivity index (χ4v) is 4.27. The molecule has 25 heavy (non-hydrogen) atoms. The second-order valence-electron chi connectivity index (χ2n) is 7.14. The van der Waals surface area contributed by atoms with E-state index in [0.717, 1.165) is 6.61 Å². The van der Waals surface area contributed by atoms with Crippen molar-refractivity contribution < 1.29 is 53.5 Å². The van der Waals surface area contributed by atoms with Gasteiger partial charge in [-0.1, -0.05) is 0 Å². The van der Waals surface area contributed by atoms with Crippen LogP contribution in [-0.2, 0) is 28.7 Å². The van der Waals surface area contributed by atoms with E-state index < -0.39 is 16.4 Å². The molecule has 1 nitrogen and oxygen atoms in total. The molecule has 0 fully saturated rings. The maximum atomic E-state index is 5.89. The molecule has 0 aromatic heterocycles. The zero-order valence-corrected chi connectivity index (χ0v) is 22.3. The Bertz CT molecular complexity index is 431. The summed E-state index contributed by atoms with van der Waals surface area (Å²) in [5, 5.41) is 0. The number of halogens is 2. The molecule has 0 bridgehead atoms. The minimum absolute atomic E-state index is 0. The Balaban J connectivity index is -0.000000330. The average molecular weight is 495 g/mol. The van der Waals surface area contributed by atoms with E-state index in [0.29, 0.717) is 0 Å². The van der Waals surface area contributed by atoms with E-state index in [2.05, 4.69) is 39.7 Å². The Kier molecular flexibility index (Phi) is 20.0. The van der Waals surface area contributed by atoms with Gasteiger partial charge >= 0.3 is 100 Å². The van der Waals surface area contributed by atoms with Crippen molar-refractivity contribution in [3.63, 3.8) is 0 Å². The van der Waals surface area contributed by atoms with Gasteiger partial charge in [-0.2, -0.15) is 36.4 Å². The minimum atomic E-state index is -1.27. The van der Waals surface area contributed by atoms with Gasteiger partial charge < -0.3 is 24.8 Å². The zero-order chi connectivity index (χ0) is 17.8. The van der Waals surface area contributed by atoms with Crippen LogP contribution < -0.4 is 24.8 Å². The molecule has 0 aliphatic heterocycles. The molecule has 0 heterocycles. The van der Waals surface area contributed by atoms with Crippen molar-refractivity contribution in [3.8, 4) is 0 Å². The van der Waals surface area contributed by atoms with E-state index in [1.165, 1.54) is 6.04 Å². The zero-order valence-electron chi connectivity index (χ0n) is 16.4. The number of hydrogen-bond acceptors (Lipinski definition) is 1. The number of hydrogen-bond donors (Lipinski definition) is 0. The third kappa shape index (κ3) is 20.6. The van der Waals surface area contributed by atoms with Gasteiger partial charge in [-0.3, -0.25) is 0 Å². The van der Waals surface area contributed by atoms with Gasteiger partial charge in [0, 0.05) is 0 Å². The van der Waals surface area contributed by atoms with Gasteiger partial charge in [-0.15, -0.1) is 0 Å². The molecule has 0 N–H and O–H groups in total. The van der Waals surface area contributed by atoms with E-state index in [-0.39, 0.29) is 24.8 Å². The summed E-state index contributed by atoms with van der Waals surface area (Å²) in [6.45, 7) is 15.0. The standard InChI is InChI=1S/C9H22OSi2.2C5H5.2ClH.Zr/c1-7-12(5,6)9-8-10-11(2,3)4;2*1-2-4-5-3-1;;;/h8-9H2,1-6H3;2*1-5H;2*1H;/q;2*-1;;;+2/p-2. The van der Waals surface area contributed by atoms with Crippen LogP contribution in [0.15, 0.2) is 60.7 Å². The first-order valence-electron chi connectivity index (χ1n) is 8.18. The SMILES string of the molecule is C[C](=[Zr+2])[Si](C)(C)CCO[Si](C)(C)C.[Cl-].[Cl-].c1cc[cH-]c1.c1cc[cH-]c1. The molecule has 0 unspecified atom stereocenters. The van der Waals surface area contributed by atoms with Crippen LogP contribution in [0, 0.1) is 0 Å². The minimum Gasteiger partial charge on any atom is -1.00 e. The van der Waals surface area contributed by atoms with Crippen LogP contribution in [0.5, 0.6) is 0 Å². The summed E-state index contributed by atoms with van der Waals surface area (Å²) < 4.78 is 7.61. The Hall–Kier alpha value is 0.427. The van der Waals surface area contributed by atoms with Crippen LogP contribution in [0.3, 0.4) is 0 Å². The summed E-state index contributed by atoms with van der Waals surface area (Å²) in [7, 11) is -2.30. The summed E-state index contributed by atoms with van der Waals surface area (Å²) in [6, 6.07) is 21.3. The van der Waals surface area contributed by atoms with Gasteiger partial charge in [0.1, 0.15) is 0 Å². The van der Waals surface area contributed by atoms with Crippen LogP contribution in [0.2, 0.25) is 38.8 Å². The molecule has 0 amide bonds. The van der Waals surface area contributed by atoms with Crippen molar-refractivity contribution in [2.75, 3.05) is 6.61 Å². The van der Waals surface area contributed by atoms with Gasteiger partial charge in [0.15, 0.2) is 0 Å². The van der Waals surface area contributed by atoms with Crippen molar-refractivity contribution in [1.82, 2.24) is 0 Å². The second-order valence-corrected chi connectivity index (χ2v) is 19.7. The summed E-state index contributed by atoms with van der Waals surface area (Å²) in [5.41, 5.74) is 0. The summed E-state index contributed by atoms with van der Waals surface area (Å²) in [6.07, 6.45) is 0. The van der Waals surface area contributed by atoms with Crippen molar-refractivity contribution in [1.29, 1.82) is 0 Å². The van der Waals surface area contributed by atoms with Gasteiger partial charge in [-0.25, -0.2) is 24.3 Å². The Morgan fingerprint density at radius 2 is 1.20 bits per heavy atom. The second kappa shape index (κ2) is 16.6. The van der Waals surface area contributed by atoms with Crippen molar-refractivity contribution in [2.45, 2.75) is 45.7 Å². The molecular weight excluding hydrogens is 463 g/mol. The summed E-state index contributed by atoms with van der Waals surface area (Å²) in [5.74, 6) is 0. The van der Waals surface area contributed by atoms with Crippen molar-refractivity contribution in [2.24, 2.45) is 0 Å². The van der Waals surface area contributed by atoms with Crippen molar-refractivity contribution >= 4 is 19.2 Å². The summed E-state index contributed by atoms with van der Waals surface area (Å²) >= 11 is 1.62. The molecule has 0 aliphatic rings. The van der Waals surface area contributed by atoms with E-state index in [1.54, 1.807) is 27.1 Å². The van der Waals surface area contributed by atoms with Gasteiger partial charge in [-0.05, 0) is 0 Å². The van der Waals surface area contributed by atoms with E-state index >= 15 is 0 Å². The first-order valence-corrected chi connectivity index (χ1v) is 16.0. The Morgan fingerprint density at radius 3 is 1.40 bits per heavy atom. The fourth-order valence-electron chi connectivity index (χ4n) is 1.44. The predicted molar refractivity (Wildman–Crippen MR) is 106 cm³/mol. The molecule has 2 rings (SSSR count). The normalized spacial score (nSPS) is 10.1. The van der Waals surface area contributed by atoms with Gasteiger partial charge in [0.05, 0.1) is 0 Å². The predicted octanol–water partition coefficient (Wildman–Crippen LogP) is -0.356. The van der Waals surface area contributed by atoms with E-state index in [1.807, 2.05) is 60.7 Å². The van der Waals surface area contributed by atoms with E-state index in [9.17, 15) is 0 Å². The van der Waals surface area contributed by atoms with Gasteiger partial charge in [0.25, 0.3) is 0 Å². The van der Waals surface area contributed by atoms with E-state index in [4.69, 9.17) is 4.43 Å². The van der Waals surface area contributed by atoms with Gasteiger partial charge in [0.2, 0.25) is 0 Å². The number of rotatable bonds is 5. The fraction of sp³-hybridized carbons (Fsp3) is 0.421. The maximum Gasteiger partial charge on any atom is -0.172 e. The first-order chi connectivity index (χ1) is 10.7. The molecule has 2 aromatic rings. The molecular formula is C19H32Cl2OSi2Zr-2. The molecule has 6 heteroatoms. The monoisotopic (exact) mass is 492 g/mol. The third-order valence-electron chi connectivity index (χ3n) is 3.39. The molecule has 142 valence electrons. The van der Waals surface area contributed by atoms with Crippen LogP contribution in [0.4, 0.5) is 0 Å². The van der Waals surface area contributed by atoms with Crippen LogP contribution >= 0.6 is 0 Å². The topological polar surface area (TPSA) is 9.23 Å². The Morgan fingerprint density at radius 1 is 0.840 bits per heavy atom. The maximum absolute atomic E-state index is 5.89. The molecule has 0 aliphatic carbocycles. The molecule has 0 spiro atoms.